The first-order valence-electron chi connectivity index (χ1n) is 5.76. The summed E-state index contributed by atoms with van der Waals surface area (Å²) in [5, 5.41) is 4.03. The first-order valence-corrected chi connectivity index (χ1v) is 6.17. The molecule has 0 atom stereocenters. The fourth-order valence-corrected chi connectivity index (χ4v) is 2.54. The molecule has 2 rings (SSSR count). The molecule has 16 heavy (non-hydrogen) atoms. The third kappa shape index (κ3) is 2.00. The standard InChI is InChI=1S/C11H19N3OS/c1-11(2)9(15)13(3)6-7-14(11)10(16)12-8-4-5-8/h8H,4-7H2,1-3H3,(H,12,16). The van der Waals surface area contributed by atoms with Crippen LogP contribution in [-0.2, 0) is 4.79 Å². The second kappa shape index (κ2) is 3.87. The van der Waals surface area contributed by atoms with Crippen LogP contribution in [0.5, 0.6) is 0 Å². The van der Waals surface area contributed by atoms with Gasteiger partial charge < -0.3 is 15.1 Å². The molecule has 0 unspecified atom stereocenters. The van der Waals surface area contributed by atoms with Crippen molar-refractivity contribution in [3.63, 3.8) is 0 Å². The van der Waals surface area contributed by atoms with E-state index >= 15 is 0 Å². The maximum absolute atomic E-state index is 12.1. The van der Waals surface area contributed by atoms with Gasteiger partial charge in [0, 0.05) is 26.2 Å². The highest BCUT2D eigenvalue weighted by Gasteiger charge is 2.42. The number of carbonyl (C=O) groups is 1. The molecule has 0 aromatic rings. The number of amides is 1. The lowest BCUT2D eigenvalue weighted by Crippen LogP contribution is -2.65. The Bertz CT molecular complexity index is 325. The Hall–Kier alpha value is -0.840. The minimum atomic E-state index is -0.522. The molecule has 1 heterocycles. The molecule has 0 aromatic heterocycles. The number of thiocarbonyl (C=S) groups is 1. The molecule has 1 N–H and O–H groups in total. The van der Waals surface area contributed by atoms with Gasteiger partial charge in [0.05, 0.1) is 0 Å². The summed E-state index contributed by atoms with van der Waals surface area (Å²) in [6.07, 6.45) is 2.39. The van der Waals surface area contributed by atoms with Crippen LogP contribution in [0.2, 0.25) is 0 Å². The second-order valence-corrected chi connectivity index (χ2v) is 5.55. The molecule has 1 saturated heterocycles. The van der Waals surface area contributed by atoms with Gasteiger partial charge in [0.1, 0.15) is 5.54 Å². The van der Waals surface area contributed by atoms with E-state index in [4.69, 9.17) is 12.2 Å². The molecule has 90 valence electrons. The minimum absolute atomic E-state index is 0.138. The van der Waals surface area contributed by atoms with Crippen molar-refractivity contribution in [2.75, 3.05) is 20.1 Å². The number of rotatable bonds is 1. The maximum atomic E-state index is 12.1. The molecule has 2 aliphatic rings. The Morgan fingerprint density at radius 2 is 2.06 bits per heavy atom. The highest BCUT2D eigenvalue weighted by molar-refractivity contribution is 7.80. The van der Waals surface area contributed by atoms with Crippen LogP contribution in [0.25, 0.3) is 0 Å². The summed E-state index contributed by atoms with van der Waals surface area (Å²) >= 11 is 5.37. The molecule has 0 aromatic carbocycles. The van der Waals surface area contributed by atoms with E-state index in [2.05, 4.69) is 5.32 Å². The predicted molar refractivity (Wildman–Crippen MR) is 67.2 cm³/mol. The third-order valence-corrected chi connectivity index (χ3v) is 3.69. The van der Waals surface area contributed by atoms with Crippen LogP contribution >= 0.6 is 12.2 Å². The number of nitrogens with one attached hydrogen (secondary N) is 1. The normalized spacial score (nSPS) is 24.6. The van der Waals surface area contributed by atoms with E-state index in [0.717, 1.165) is 18.2 Å². The fourth-order valence-electron chi connectivity index (χ4n) is 2.05. The fraction of sp³-hybridized carbons (Fsp3) is 0.818. The van der Waals surface area contributed by atoms with Crippen LogP contribution in [0.4, 0.5) is 0 Å². The van der Waals surface area contributed by atoms with E-state index in [-0.39, 0.29) is 5.91 Å². The maximum Gasteiger partial charge on any atom is 0.247 e. The SMILES string of the molecule is CN1CCN(C(=S)NC2CC2)C(C)(C)C1=O. The molecule has 1 aliphatic carbocycles. The Morgan fingerprint density at radius 3 is 2.62 bits per heavy atom. The first kappa shape index (κ1) is 11.6. The molecule has 5 heteroatoms. The molecular weight excluding hydrogens is 222 g/mol. The van der Waals surface area contributed by atoms with Gasteiger partial charge in [0.15, 0.2) is 5.11 Å². The monoisotopic (exact) mass is 241 g/mol. The number of piperazine rings is 1. The van der Waals surface area contributed by atoms with Crippen LogP contribution in [0, 0.1) is 0 Å². The lowest BCUT2D eigenvalue weighted by Gasteiger charge is -2.46. The number of carbonyl (C=O) groups excluding carboxylic acids is 1. The van der Waals surface area contributed by atoms with Gasteiger partial charge in [0.2, 0.25) is 5.91 Å². The average molecular weight is 241 g/mol. The summed E-state index contributed by atoms with van der Waals surface area (Å²) < 4.78 is 0. The third-order valence-electron chi connectivity index (χ3n) is 3.35. The van der Waals surface area contributed by atoms with Crippen LogP contribution < -0.4 is 5.32 Å². The Balaban J connectivity index is 2.07. The molecule has 1 amide bonds. The van der Waals surface area contributed by atoms with Crippen LogP contribution in [0.15, 0.2) is 0 Å². The zero-order valence-electron chi connectivity index (χ0n) is 10.1. The topological polar surface area (TPSA) is 35.6 Å². The van der Waals surface area contributed by atoms with Gasteiger partial charge in [-0.05, 0) is 38.9 Å². The quantitative estimate of drug-likeness (QED) is 0.681. The van der Waals surface area contributed by atoms with Crippen molar-refractivity contribution < 1.29 is 4.79 Å². The van der Waals surface area contributed by atoms with Crippen molar-refractivity contribution >= 4 is 23.2 Å². The zero-order chi connectivity index (χ0) is 11.9. The molecule has 1 aliphatic heterocycles. The molecule has 0 radical (unpaired) electrons. The number of hydrogen-bond donors (Lipinski definition) is 1. The van der Waals surface area contributed by atoms with Crippen molar-refractivity contribution in [3.05, 3.63) is 0 Å². The van der Waals surface area contributed by atoms with Crippen molar-refractivity contribution in [2.24, 2.45) is 0 Å². The van der Waals surface area contributed by atoms with Gasteiger partial charge >= 0.3 is 0 Å². The second-order valence-electron chi connectivity index (χ2n) is 5.16. The highest BCUT2D eigenvalue weighted by Crippen LogP contribution is 2.24. The molecule has 2 fully saturated rings. The summed E-state index contributed by atoms with van der Waals surface area (Å²) in [5.74, 6) is 0.138. The molecule has 0 bridgehead atoms. The lowest BCUT2D eigenvalue weighted by atomic mass is 9.98. The summed E-state index contributed by atoms with van der Waals surface area (Å²) in [4.78, 5) is 15.9. The van der Waals surface area contributed by atoms with E-state index in [9.17, 15) is 4.79 Å². The molecule has 4 nitrogen and oxygen atoms in total. The predicted octanol–water partition coefficient (Wildman–Crippen LogP) is 0.576. The van der Waals surface area contributed by atoms with Gasteiger partial charge in [-0.2, -0.15) is 0 Å². The van der Waals surface area contributed by atoms with Crippen molar-refractivity contribution in [1.29, 1.82) is 0 Å². The van der Waals surface area contributed by atoms with E-state index in [1.165, 1.54) is 12.8 Å². The van der Waals surface area contributed by atoms with Crippen LogP contribution in [-0.4, -0.2) is 52.5 Å². The summed E-state index contributed by atoms with van der Waals surface area (Å²) in [6, 6.07) is 0.540. The van der Waals surface area contributed by atoms with Crippen molar-refractivity contribution in [3.8, 4) is 0 Å². The lowest BCUT2D eigenvalue weighted by molar-refractivity contribution is -0.143. The Morgan fingerprint density at radius 1 is 1.44 bits per heavy atom. The van der Waals surface area contributed by atoms with Gasteiger partial charge in [-0.15, -0.1) is 0 Å². The minimum Gasteiger partial charge on any atom is -0.360 e. The highest BCUT2D eigenvalue weighted by atomic mass is 32.1. The smallest absolute Gasteiger partial charge is 0.247 e. The van der Waals surface area contributed by atoms with Crippen molar-refractivity contribution in [1.82, 2.24) is 15.1 Å². The number of likely N-dealkylation sites (N-methyl/N-ethyl adjacent to an activating group) is 1. The van der Waals surface area contributed by atoms with Gasteiger partial charge in [-0.25, -0.2) is 0 Å². The molecule has 0 spiro atoms. The summed E-state index contributed by atoms with van der Waals surface area (Å²) in [7, 11) is 1.85. The number of hydrogen-bond acceptors (Lipinski definition) is 2. The van der Waals surface area contributed by atoms with Gasteiger partial charge in [-0.3, -0.25) is 4.79 Å². The average Bonchev–Trinajstić information content (AvgIpc) is 2.98. The van der Waals surface area contributed by atoms with Gasteiger partial charge in [0.25, 0.3) is 0 Å². The Labute approximate surface area is 102 Å². The zero-order valence-corrected chi connectivity index (χ0v) is 10.9. The Kier molecular flexibility index (Phi) is 2.82. The summed E-state index contributed by atoms with van der Waals surface area (Å²) in [5.41, 5.74) is -0.522. The van der Waals surface area contributed by atoms with Crippen molar-refractivity contribution in [2.45, 2.75) is 38.3 Å². The molecular formula is C11H19N3OS. The number of nitrogens with zero attached hydrogens (tertiary/aromatic N) is 2. The van der Waals surface area contributed by atoms with E-state index in [1.54, 1.807) is 4.90 Å². The van der Waals surface area contributed by atoms with E-state index in [1.807, 2.05) is 25.8 Å². The largest absolute Gasteiger partial charge is 0.360 e. The van der Waals surface area contributed by atoms with E-state index in [0.29, 0.717) is 6.04 Å². The van der Waals surface area contributed by atoms with Gasteiger partial charge in [-0.1, -0.05) is 0 Å². The first-order chi connectivity index (χ1) is 7.43. The van der Waals surface area contributed by atoms with Crippen LogP contribution in [0.1, 0.15) is 26.7 Å². The summed E-state index contributed by atoms with van der Waals surface area (Å²) in [6.45, 7) is 5.43. The molecule has 1 saturated carbocycles. The van der Waals surface area contributed by atoms with Crippen LogP contribution in [0.3, 0.4) is 0 Å². The van der Waals surface area contributed by atoms with E-state index < -0.39 is 5.54 Å².